The summed E-state index contributed by atoms with van der Waals surface area (Å²) in [5.74, 6) is -0.569. The highest BCUT2D eigenvalue weighted by Gasteiger charge is 2.49. The van der Waals surface area contributed by atoms with Crippen LogP contribution in [0.3, 0.4) is 0 Å². The van der Waals surface area contributed by atoms with Gasteiger partial charge < -0.3 is 18.9 Å². The summed E-state index contributed by atoms with van der Waals surface area (Å²) >= 11 is 0. The van der Waals surface area contributed by atoms with Crippen molar-refractivity contribution < 1.29 is 18.9 Å². The molecule has 18 heavy (non-hydrogen) atoms. The lowest BCUT2D eigenvalue weighted by Gasteiger charge is -2.23. The number of hydrogen-bond acceptors (Lipinski definition) is 5. The van der Waals surface area contributed by atoms with E-state index in [1.54, 1.807) is 0 Å². The van der Waals surface area contributed by atoms with Gasteiger partial charge in [0.25, 0.3) is 0 Å². The normalized spacial score (nSPS) is 42.8. The molecule has 0 aromatic carbocycles. The molecule has 0 aromatic heterocycles. The molecule has 2 aliphatic heterocycles. The zero-order valence-corrected chi connectivity index (χ0v) is 11.1. The molecule has 0 amide bonds. The average Bonchev–Trinajstić information content (AvgIpc) is 2.82. The van der Waals surface area contributed by atoms with Crippen molar-refractivity contribution in [3.63, 3.8) is 0 Å². The number of azide groups is 1. The van der Waals surface area contributed by atoms with Gasteiger partial charge in [-0.3, -0.25) is 0 Å². The SMILES string of the molecule is CO[C@H]1O[C@H]([C@H]2COC(C)(C)O2)[C@@H](C)[C@@H]1N=[N+]=[N-]. The Morgan fingerprint density at radius 2 is 2.17 bits per heavy atom. The molecular weight excluding hydrogens is 238 g/mol. The third kappa shape index (κ3) is 2.46. The second-order valence-corrected chi connectivity index (χ2v) is 5.13. The fourth-order valence-corrected chi connectivity index (χ4v) is 2.52. The number of hydrogen-bond donors (Lipinski definition) is 0. The molecule has 5 atom stereocenters. The van der Waals surface area contributed by atoms with Crippen LogP contribution in [0.5, 0.6) is 0 Å². The highest BCUT2D eigenvalue weighted by Crippen LogP contribution is 2.36. The van der Waals surface area contributed by atoms with Gasteiger partial charge in [0.15, 0.2) is 12.1 Å². The quantitative estimate of drug-likeness (QED) is 0.438. The molecule has 0 radical (unpaired) electrons. The van der Waals surface area contributed by atoms with E-state index in [0.29, 0.717) is 6.61 Å². The van der Waals surface area contributed by atoms with E-state index in [1.165, 1.54) is 7.11 Å². The van der Waals surface area contributed by atoms with Crippen molar-refractivity contribution in [2.24, 2.45) is 11.0 Å². The molecule has 2 fully saturated rings. The van der Waals surface area contributed by atoms with Crippen molar-refractivity contribution >= 4 is 0 Å². The number of rotatable bonds is 3. The van der Waals surface area contributed by atoms with E-state index in [0.717, 1.165) is 0 Å². The fraction of sp³-hybridized carbons (Fsp3) is 1.00. The minimum atomic E-state index is -0.590. The van der Waals surface area contributed by atoms with Gasteiger partial charge in [0.05, 0.1) is 18.8 Å². The van der Waals surface area contributed by atoms with Crippen LogP contribution in [0, 0.1) is 5.92 Å². The highest BCUT2D eigenvalue weighted by molar-refractivity contribution is 4.95. The van der Waals surface area contributed by atoms with Gasteiger partial charge in [-0.05, 0) is 25.3 Å². The summed E-state index contributed by atoms with van der Waals surface area (Å²) in [5.41, 5.74) is 8.58. The Morgan fingerprint density at radius 1 is 1.44 bits per heavy atom. The third-order valence-electron chi connectivity index (χ3n) is 3.44. The van der Waals surface area contributed by atoms with Gasteiger partial charge in [0.2, 0.25) is 0 Å². The maximum atomic E-state index is 8.58. The maximum absolute atomic E-state index is 8.58. The van der Waals surface area contributed by atoms with Crippen molar-refractivity contribution in [3.05, 3.63) is 10.4 Å². The van der Waals surface area contributed by atoms with Crippen LogP contribution < -0.4 is 0 Å². The molecule has 0 aliphatic carbocycles. The molecule has 0 bridgehead atoms. The molecule has 0 N–H and O–H groups in total. The molecule has 2 rings (SSSR count). The third-order valence-corrected chi connectivity index (χ3v) is 3.44. The van der Waals surface area contributed by atoms with E-state index in [-0.39, 0.29) is 24.2 Å². The van der Waals surface area contributed by atoms with Gasteiger partial charge in [-0.2, -0.15) is 0 Å². The van der Waals surface area contributed by atoms with Crippen LogP contribution >= 0.6 is 0 Å². The summed E-state index contributed by atoms with van der Waals surface area (Å²) in [5, 5.41) is 3.75. The van der Waals surface area contributed by atoms with E-state index in [4.69, 9.17) is 24.5 Å². The van der Waals surface area contributed by atoms with Gasteiger partial charge in [0.1, 0.15) is 6.10 Å². The van der Waals surface area contributed by atoms with Crippen LogP contribution in [0.2, 0.25) is 0 Å². The van der Waals surface area contributed by atoms with Crippen molar-refractivity contribution in [2.75, 3.05) is 13.7 Å². The molecule has 2 heterocycles. The molecule has 0 saturated carbocycles. The summed E-state index contributed by atoms with van der Waals surface area (Å²) in [6.45, 7) is 6.18. The lowest BCUT2D eigenvalue weighted by molar-refractivity contribution is -0.177. The van der Waals surface area contributed by atoms with Gasteiger partial charge >= 0.3 is 0 Å². The molecule has 7 nitrogen and oxygen atoms in total. The molecule has 0 spiro atoms. The first kappa shape index (κ1) is 13.6. The Morgan fingerprint density at radius 3 is 2.67 bits per heavy atom. The zero-order valence-electron chi connectivity index (χ0n) is 11.1. The summed E-state index contributed by atoms with van der Waals surface area (Å²) in [7, 11) is 1.54. The molecular formula is C11H19N3O4. The number of nitrogens with zero attached hydrogens (tertiary/aromatic N) is 3. The minimum absolute atomic E-state index is 0.0216. The van der Waals surface area contributed by atoms with Gasteiger partial charge in [0, 0.05) is 12.0 Å². The average molecular weight is 257 g/mol. The largest absolute Gasteiger partial charge is 0.355 e. The Kier molecular flexibility index (Phi) is 3.79. The predicted molar refractivity (Wildman–Crippen MR) is 62.7 cm³/mol. The number of ether oxygens (including phenoxy) is 4. The van der Waals surface area contributed by atoms with Crippen LogP contribution in [-0.2, 0) is 18.9 Å². The molecule has 0 aromatic rings. The second-order valence-electron chi connectivity index (χ2n) is 5.13. The number of methoxy groups -OCH3 is 1. The van der Waals surface area contributed by atoms with Gasteiger partial charge in [-0.25, -0.2) is 0 Å². The van der Waals surface area contributed by atoms with Crippen molar-refractivity contribution in [2.45, 2.75) is 51.1 Å². The Hall–Kier alpha value is -0.850. The van der Waals surface area contributed by atoms with E-state index in [1.807, 2.05) is 20.8 Å². The van der Waals surface area contributed by atoms with E-state index < -0.39 is 12.1 Å². The lowest BCUT2D eigenvalue weighted by Crippen LogP contribution is -2.35. The molecule has 0 unspecified atom stereocenters. The van der Waals surface area contributed by atoms with Crippen LogP contribution in [0.15, 0.2) is 5.11 Å². The molecule has 7 heteroatoms. The van der Waals surface area contributed by atoms with E-state index in [2.05, 4.69) is 10.0 Å². The first-order valence-electron chi connectivity index (χ1n) is 6.03. The van der Waals surface area contributed by atoms with Crippen LogP contribution in [-0.4, -0.2) is 44.0 Å². The van der Waals surface area contributed by atoms with Crippen LogP contribution in [0.25, 0.3) is 10.4 Å². The smallest absolute Gasteiger partial charge is 0.166 e. The van der Waals surface area contributed by atoms with Gasteiger partial charge in [-0.1, -0.05) is 12.0 Å². The lowest BCUT2D eigenvalue weighted by atomic mass is 9.96. The Balaban J connectivity index is 2.09. The molecule has 2 aliphatic rings. The zero-order chi connectivity index (χ0) is 13.3. The first-order valence-corrected chi connectivity index (χ1v) is 6.03. The summed E-state index contributed by atoms with van der Waals surface area (Å²) in [4.78, 5) is 2.85. The Labute approximate surface area is 106 Å². The molecule has 2 saturated heterocycles. The van der Waals surface area contributed by atoms with Crippen molar-refractivity contribution in [1.29, 1.82) is 0 Å². The predicted octanol–water partition coefficient (Wildman–Crippen LogP) is 1.82. The Bertz CT molecular complexity index is 356. The maximum Gasteiger partial charge on any atom is 0.166 e. The monoisotopic (exact) mass is 257 g/mol. The highest BCUT2D eigenvalue weighted by atomic mass is 16.8. The van der Waals surface area contributed by atoms with Crippen LogP contribution in [0.1, 0.15) is 20.8 Å². The summed E-state index contributed by atoms with van der Waals surface area (Å²) in [6.07, 6.45) is -0.869. The second kappa shape index (κ2) is 5.03. The van der Waals surface area contributed by atoms with E-state index in [9.17, 15) is 0 Å². The minimum Gasteiger partial charge on any atom is -0.355 e. The first-order chi connectivity index (χ1) is 8.48. The molecule has 102 valence electrons. The summed E-state index contributed by atoms with van der Waals surface area (Å²) < 4.78 is 22.3. The van der Waals surface area contributed by atoms with Crippen molar-refractivity contribution in [3.8, 4) is 0 Å². The summed E-state index contributed by atoms with van der Waals surface area (Å²) in [6, 6.07) is -0.336. The topological polar surface area (TPSA) is 85.7 Å². The van der Waals surface area contributed by atoms with E-state index >= 15 is 0 Å². The van der Waals surface area contributed by atoms with Gasteiger partial charge in [-0.15, -0.1) is 0 Å². The van der Waals surface area contributed by atoms with Crippen LogP contribution in [0.4, 0.5) is 0 Å². The fourth-order valence-electron chi connectivity index (χ4n) is 2.52. The standard InChI is InChI=1S/C11H19N3O4/c1-6-8(13-14-12)10(15-4)17-9(6)7-5-16-11(2,3)18-7/h6-10H,5H2,1-4H3/t6-,7+,8-,9-,10-/m0/s1. The van der Waals surface area contributed by atoms with Crippen molar-refractivity contribution in [1.82, 2.24) is 0 Å².